The Morgan fingerprint density at radius 3 is 2.35 bits per heavy atom. The first-order valence-electron chi connectivity index (χ1n) is 10.5. The minimum atomic E-state index is -3.43. The molecule has 1 fully saturated rings. The first-order valence-corrected chi connectivity index (χ1v) is 12.0. The molecule has 31 heavy (non-hydrogen) atoms. The molecule has 1 aromatic heterocycles. The Kier molecular flexibility index (Phi) is 6.48. The maximum Gasteiger partial charge on any atom is 0.243 e. The van der Waals surface area contributed by atoms with Crippen LogP contribution in [0.4, 0.5) is 5.82 Å². The molecule has 2 heterocycles. The number of carbonyl (C=O) groups excluding carboxylic acids is 1. The van der Waals surface area contributed by atoms with Crippen molar-refractivity contribution in [1.29, 1.82) is 0 Å². The quantitative estimate of drug-likeness (QED) is 0.611. The average Bonchev–Trinajstić information content (AvgIpc) is 3.27. The highest BCUT2D eigenvalue weighted by Gasteiger charge is 2.25. The first kappa shape index (κ1) is 21.3. The average molecular weight is 439 g/mol. The Morgan fingerprint density at radius 2 is 1.65 bits per heavy atom. The number of hydrogen-bond acceptors (Lipinski definition) is 4. The molecule has 3 aromatic rings. The molecule has 162 valence electrons. The van der Waals surface area contributed by atoms with Crippen molar-refractivity contribution in [1.82, 2.24) is 14.1 Å². The van der Waals surface area contributed by atoms with Crippen LogP contribution < -0.4 is 5.32 Å². The fourth-order valence-corrected chi connectivity index (χ4v) is 5.18. The number of sulfonamides is 1. The summed E-state index contributed by atoms with van der Waals surface area (Å²) < 4.78 is 28.7. The van der Waals surface area contributed by atoms with Crippen LogP contribution >= 0.6 is 0 Å². The first-order chi connectivity index (χ1) is 15.0. The summed E-state index contributed by atoms with van der Waals surface area (Å²) in [6.45, 7) is 1.18. The van der Waals surface area contributed by atoms with Crippen LogP contribution in [0.15, 0.2) is 71.8 Å². The molecule has 1 N–H and O–H groups in total. The van der Waals surface area contributed by atoms with Crippen molar-refractivity contribution in [2.45, 2.75) is 37.0 Å². The van der Waals surface area contributed by atoms with E-state index in [-0.39, 0.29) is 12.3 Å². The van der Waals surface area contributed by atoms with Gasteiger partial charge in [-0.2, -0.15) is 9.40 Å². The minimum absolute atomic E-state index is 0.136. The highest BCUT2D eigenvalue weighted by molar-refractivity contribution is 7.89. The zero-order chi connectivity index (χ0) is 21.7. The zero-order valence-corrected chi connectivity index (χ0v) is 18.1. The number of amides is 1. The second-order valence-electron chi connectivity index (χ2n) is 7.64. The Balaban J connectivity index is 1.31. The van der Waals surface area contributed by atoms with E-state index in [2.05, 4.69) is 10.4 Å². The van der Waals surface area contributed by atoms with Crippen LogP contribution in [0.1, 0.15) is 31.2 Å². The van der Waals surface area contributed by atoms with E-state index in [1.807, 2.05) is 30.3 Å². The van der Waals surface area contributed by atoms with Gasteiger partial charge < -0.3 is 5.32 Å². The third-order valence-electron chi connectivity index (χ3n) is 5.39. The summed E-state index contributed by atoms with van der Waals surface area (Å²) in [5.41, 5.74) is 1.84. The molecular formula is C23H26N4O3S. The molecule has 0 atom stereocenters. The molecule has 7 nitrogen and oxygen atoms in total. The lowest BCUT2D eigenvalue weighted by atomic mass is 10.1. The van der Waals surface area contributed by atoms with Crippen molar-refractivity contribution in [3.05, 3.63) is 72.4 Å². The Hall–Kier alpha value is -2.97. The highest BCUT2D eigenvalue weighted by Crippen LogP contribution is 2.21. The van der Waals surface area contributed by atoms with Crippen molar-refractivity contribution in [3.8, 4) is 5.69 Å². The summed E-state index contributed by atoms with van der Waals surface area (Å²) >= 11 is 0. The number of carbonyl (C=O) groups is 1. The Morgan fingerprint density at radius 1 is 0.935 bits per heavy atom. The molecule has 4 rings (SSSR count). The summed E-state index contributed by atoms with van der Waals surface area (Å²) in [4.78, 5) is 12.6. The fraction of sp³-hybridized carbons (Fsp3) is 0.304. The van der Waals surface area contributed by atoms with Crippen molar-refractivity contribution >= 4 is 21.7 Å². The van der Waals surface area contributed by atoms with Gasteiger partial charge in [-0.05, 0) is 49.1 Å². The van der Waals surface area contributed by atoms with Gasteiger partial charge in [0.05, 0.1) is 10.6 Å². The van der Waals surface area contributed by atoms with Gasteiger partial charge in [-0.25, -0.2) is 13.1 Å². The van der Waals surface area contributed by atoms with Gasteiger partial charge in [0.2, 0.25) is 15.9 Å². The van der Waals surface area contributed by atoms with E-state index in [4.69, 9.17) is 0 Å². The van der Waals surface area contributed by atoms with Crippen LogP contribution in [0.3, 0.4) is 0 Å². The number of aryl methyl sites for hydroxylation is 1. The molecule has 0 spiro atoms. The largest absolute Gasteiger partial charge is 0.309 e. The number of hydrogen-bond donors (Lipinski definition) is 1. The van der Waals surface area contributed by atoms with E-state index in [1.54, 1.807) is 45.5 Å². The van der Waals surface area contributed by atoms with E-state index < -0.39 is 10.0 Å². The topological polar surface area (TPSA) is 84.3 Å². The monoisotopic (exact) mass is 438 g/mol. The number of piperidine rings is 1. The van der Waals surface area contributed by atoms with E-state index >= 15 is 0 Å². The van der Waals surface area contributed by atoms with Crippen molar-refractivity contribution in [2.75, 3.05) is 18.4 Å². The van der Waals surface area contributed by atoms with Crippen LogP contribution in [0, 0.1) is 0 Å². The molecule has 2 aromatic carbocycles. The minimum Gasteiger partial charge on any atom is -0.309 e. The number of aromatic nitrogens is 2. The number of benzene rings is 2. The molecule has 0 bridgehead atoms. The summed E-state index contributed by atoms with van der Waals surface area (Å²) in [6.07, 6.45) is 5.52. The smallest absolute Gasteiger partial charge is 0.243 e. The number of nitrogens with one attached hydrogen (secondary N) is 1. The lowest BCUT2D eigenvalue weighted by molar-refractivity contribution is -0.116. The standard InChI is InChI=1S/C23H26N4O3S/c28-23(24-22-15-18-27(25-22)20-7-3-1-4-8-20)14-11-19-9-12-21(13-10-19)31(29,30)26-16-5-2-6-17-26/h1,3-4,7-10,12-13,15,18H,2,5-6,11,14,16-17H2,(H,24,25,28). The normalized spacial score (nSPS) is 15.0. The molecule has 1 aliphatic heterocycles. The van der Waals surface area contributed by atoms with Gasteiger partial charge >= 0.3 is 0 Å². The van der Waals surface area contributed by atoms with Gasteiger partial charge in [-0.15, -0.1) is 0 Å². The summed E-state index contributed by atoms with van der Waals surface area (Å²) in [5, 5.41) is 7.18. The molecule has 0 saturated carbocycles. The van der Waals surface area contributed by atoms with E-state index in [9.17, 15) is 13.2 Å². The Labute approximate surface area is 182 Å². The van der Waals surface area contributed by atoms with Crippen LogP contribution in [-0.2, 0) is 21.2 Å². The Bertz CT molecular complexity index is 1120. The predicted octanol–water partition coefficient (Wildman–Crippen LogP) is 3.62. The van der Waals surface area contributed by atoms with Gasteiger partial charge in [0.25, 0.3) is 0 Å². The van der Waals surface area contributed by atoms with Crippen LogP contribution in [-0.4, -0.2) is 41.5 Å². The van der Waals surface area contributed by atoms with Crippen LogP contribution in [0.25, 0.3) is 5.69 Å². The maximum atomic E-state index is 12.7. The van der Waals surface area contributed by atoms with Gasteiger partial charge in [0.1, 0.15) is 0 Å². The lowest BCUT2D eigenvalue weighted by Gasteiger charge is -2.25. The van der Waals surface area contributed by atoms with E-state index in [0.717, 1.165) is 30.5 Å². The van der Waals surface area contributed by atoms with Crippen LogP contribution in [0.5, 0.6) is 0 Å². The SMILES string of the molecule is O=C(CCc1ccc(S(=O)(=O)N2CCCCC2)cc1)Nc1ccn(-c2ccccc2)n1. The van der Waals surface area contributed by atoms with E-state index in [1.165, 1.54) is 0 Å². The zero-order valence-electron chi connectivity index (χ0n) is 17.3. The third-order valence-corrected chi connectivity index (χ3v) is 7.31. The predicted molar refractivity (Wildman–Crippen MR) is 120 cm³/mol. The van der Waals surface area contributed by atoms with Gasteiger partial charge in [-0.3, -0.25) is 4.79 Å². The van der Waals surface area contributed by atoms with Gasteiger partial charge in [0, 0.05) is 31.8 Å². The molecule has 1 saturated heterocycles. The number of nitrogens with zero attached hydrogens (tertiary/aromatic N) is 3. The molecule has 0 unspecified atom stereocenters. The van der Waals surface area contributed by atoms with Crippen molar-refractivity contribution < 1.29 is 13.2 Å². The maximum absolute atomic E-state index is 12.7. The van der Waals surface area contributed by atoms with Crippen molar-refractivity contribution in [2.24, 2.45) is 0 Å². The number of para-hydroxylation sites is 1. The molecule has 8 heteroatoms. The summed E-state index contributed by atoms with van der Waals surface area (Å²) in [7, 11) is -3.43. The molecule has 0 radical (unpaired) electrons. The number of anilines is 1. The molecule has 0 aliphatic carbocycles. The lowest BCUT2D eigenvalue weighted by Crippen LogP contribution is -2.35. The van der Waals surface area contributed by atoms with Gasteiger partial charge in [0.15, 0.2) is 5.82 Å². The van der Waals surface area contributed by atoms with E-state index in [0.29, 0.717) is 30.2 Å². The highest BCUT2D eigenvalue weighted by atomic mass is 32.2. The summed E-state index contributed by atoms with van der Waals surface area (Å²) in [6, 6.07) is 18.3. The summed E-state index contributed by atoms with van der Waals surface area (Å²) in [5.74, 6) is 0.361. The number of rotatable bonds is 7. The molecule has 1 amide bonds. The fourth-order valence-electron chi connectivity index (χ4n) is 3.66. The van der Waals surface area contributed by atoms with Crippen LogP contribution in [0.2, 0.25) is 0 Å². The third kappa shape index (κ3) is 5.21. The molecular weight excluding hydrogens is 412 g/mol. The van der Waals surface area contributed by atoms with Crippen molar-refractivity contribution in [3.63, 3.8) is 0 Å². The molecule has 1 aliphatic rings. The second kappa shape index (κ2) is 9.45. The van der Waals surface area contributed by atoms with Gasteiger partial charge in [-0.1, -0.05) is 36.8 Å². The second-order valence-corrected chi connectivity index (χ2v) is 9.58.